The van der Waals surface area contributed by atoms with Gasteiger partial charge in [-0.25, -0.2) is 0 Å². The van der Waals surface area contributed by atoms with Crippen LogP contribution in [0.2, 0.25) is 0 Å². The fraction of sp³-hybridized carbons (Fsp3) is 0.375. The Hall–Kier alpha value is -1.55. The molecule has 0 bridgehead atoms. The van der Waals surface area contributed by atoms with E-state index in [-0.39, 0.29) is 11.9 Å². The van der Waals surface area contributed by atoms with Crippen molar-refractivity contribution in [3.63, 3.8) is 0 Å². The summed E-state index contributed by atoms with van der Waals surface area (Å²) < 4.78 is 2.76. The zero-order valence-corrected chi connectivity index (χ0v) is 16.1. The van der Waals surface area contributed by atoms with Gasteiger partial charge in [-0.1, -0.05) is 23.5 Å². The first-order chi connectivity index (χ1) is 11.6. The second kappa shape index (κ2) is 6.40. The molecular formula is C16H16IN5OS. The van der Waals surface area contributed by atoms with Crippen molar-refractivity contribution in [2.45, 2.75) is 32.2 Å². The molecule has 6 nitrogen and oxygen atoms in total. The zero-order chi connectivity index (χ0) is 16.7. The molecule has 3 heterocycles. The number of likely N-dealkylation sites (tertiary alicyclic amines) is 1. The van der Waals surface area contributed by atoms with Gasteiger partial charge >= 0.3 is 0 Å². The second-order valence-electron chi connectivity index (χ2n) is 5.98. The van der Waals surface area contributed by atoms with E-state index in [1.807, 2.05) is 29.2 Å². The van der Waals surface area contributed by atoms with Gasteiger partial charge in [0.15, 0.2) is 0 Å². The molecule has 1 aliphatic heterocycles. The molecule has 1 aliphatic rings. The standard InChI is InChI=1S/C16H16IN5OS/c1-10-4-2-3-9-21(10)15(23)13-18-19-16-22(13)20-14(24-16)11-5-7-12(17)8-6-11/h5-8,10H,2-4,9H2,1H3/t10-/m0/s1. The predicted octanol–water partition coefficient (Wildman–Crippen LogP) is 3.47. The molecule has 0 spiro atoms. The Morgan fingerprint density at radius 2 is 2.04 bits per heavy atom. The van der Waals surface area contributed by atoms with E-state index in [4.69, 9.17) is 0 Å². The van der Waals surface area contributed by atoms with E-state index in [2.05, 4.69) is 44.8 Å². The number of hydrogen-bond acceptors (Lipinski definition) is 5. The fourth-order valence-electron chi connectivity index (χ4n) is 2.99. The third-order valence-corrected chi connectivity index (χ3v) is 6.00. The molecule has 24 heavy (non-hydrogen) atoms. The summed E-state index contributed by atoms with van der Waals surface area (Å²) in [4.78, 5) is 15.4. The van der Waals surface area contributed by atoms with Gasteiger partial charge in [0.05, 0.1) is 0 Å². The van der Waals surface area contributed by atoms with Gasteiger partial charge in [-0.2, -0.15) is 9.61 Å². The summed E-state index contributed by atoms with van der Waals surface area (Å²) in [5.41, 5.74) is 1.02. The van der Waals surface area contributed by atoms with Gasteiger partial charge in [0.2, 0.25) is 10.8 Å². The van der Waals surface area contributed by atoms with Gasteiger partial charge < -0.3 is 4.90 Å². The molecular weight excluding hydrogens is 437 g/mol. The van der Waals surface area contributed by atoms with Crippen LogP contribution in [-0.2, 0) is 0 Å². The highest BCUT2D eigenvalue weighted by molar-refractivity contribution is 14.1. The van der Waals surface area contributed by atoms with Crippen molar-refractivity contribution in [3.8, 4) is 10.6 Å². The highest BCUT2D eigenvalue weighted by Crippen LogP contribution is 2.27. The lowest BCUT2D eigenvalue weighted by atomic mass is 10.0. The summed E-state index contributed by atoms with van der Waals surface area (Å²) in [6.45, 7) is 2.87. The summed E-state index contributed by atoms with van der Waals surface area (Å²) in [6.07, 6.45) is 3.26. The maximum Gasteiger partial charge on any atom is 0.293 e. The van der Waals surface area contributed by atoms with Crippen molar-refractivity contribution in [3.05, 3.63) is 33.7 Å². The maximum atomic E-state index is 12.8. The molecule has 0 unspecified atom stereocenters. The number of rotatable bonds is 2. The van der Waals surface area contributed by atoms with Crippen LogP contribution in [0.3, 0.4) is 0 Å². The van der Waals surface area contributed by atoms with Crippen molar-refractivity contribution in [1.29, 1.82) is 0 Å². The van der Waals surface area contributed by atoms with Gasteiger partial charge in [0.1, 0.15) is 5.01 Å². The first kappa shape index (κ1) is 15.9. The van der Waals surface area contributed by atoms with E-state index in [0.717, 1.165) is 30.0 Å². The number of piperidine rings is 1. The monoisotopic (exact) mass is 453 g/mol. The largest absolute Gasteiger partial charge is 0.333 e. The lowest BCUT2D eigenvalue weighted by Crippen LogP contribution is -2.42. The molecule has 0 N–H and O–H groups in total. The SMILES string of the molecule is C[C@H]1CCCCN1C(=O)c1nnc2sc(-c3ccc(I)cc3)nn12. The molecule has 0 saturated carbocycles. The topological polar surface area (TPSA) is 63.4 Å². The number of nitrogens with zero attached hydrogens (tertiary/aromatic N) is 5. The molecule has 1 atom stereocenters. The van der Waals surface area contributed by atoms with E-state index in [1.54, 1.807) is 4.52 Å². The third-order valence-electron chi connectivity index (χ3n) is 4.34. The Balaban J connectivity index is 1.69. The molecule has 1 fully saturated rings. The van der Waals surface area contributed by atoms with Crippen molar-refractivity contribution in [1.82, 2.24) is 24.7 Å². The quantitative estimate of drug-likeness (QED) is 0.558. The molecule has 3 aromatic rings. The minimum absolute atomic E-state index is 0.0749. The maximum absolute atomic E-state index is 12.8. The van der Waals surface area contributed by atoms with Crippen molar-refractivity contribution < 1.29 is 4.79 Å². The van der Waals surface area contributed by atoms with Gasteiger partial charge in [-0.3, -0.25) is 4.79 Å². The van der Waals surface area contributed by atoms with Crippen molar-refractivity contribution in [2.75, 3.05) is 6.54 Å². The number of hydrogen-bond donors (Lipinski definition) is 0. The van der Waals surface area contributed by atoms with Crippen molar-refractivity contribution >= 4 is 44.8 Å². The Morgan fingerprint density at radius 1 is 1.25 bits per heavy atom. The summed E-state index contributed by atoms with van der Waals surface area (Å²) in [7, 11) is 0. The van der Waals surface area contributed by atoms with E-state index < -0.39 is 0 Å². The van der Waals surface area contributed by atoms with Gasteiger partial charge in [-0.05, 0) is 60.9 Å². The van der Waals surface area contributed by atoms with Gasteiger partial charge in [0.25, 0.3) is 5.91 Å². The molecule has 1 aromatic carbocycles. The molecule has 1 amide bonds. The van der Waals surface area contributed by atoms with Gasteiger partial charge in [-0.15, -0.1) is 10.2 Å². The lowest BCUT2D eigenvalue weighted by Gasteiger charge is -2.32. The van der Waals surface area contributed by atoms with Crippen LogP contribution in [-0.4, -0.2) is 43.2 Å². The molecule has 8 heteroatoms. The predicted molar refractivity (Wildman–Crippen MR) is 101 cm³/mol. The highest BCUT2D eigenvalue weighted by Gasteiger charge is 2.28. The molecule has 2 aromatic heterocycles. The zero-order valence-electron chi connectivity index (χ0n) is 13.1. The van der Waals surface area contributed by atoms with Crippen LogP contribution in [0.15, 0.2) is 24.3 Å². The number of fused-ring (bicyclic) bond motifs is 1. The van der Waals surface area contributed by atoms with Gasteiger partial charge in [0, 0.05) is 21.7 Å². The van der Waals surface area contributed by atoms with E-state index in [9.17, 15) is 4.79 Å². The minimum atomic E-state index is -0.0749. The summed E-state index contributed by atoms with van der Waals surface area (Å²) in [5, 5.41) is 13.6. The van der Waals surface area contributed by atoms with Crippen LogP contribution < -0.4 is 0 Å². The Bertz CT molecular complexity index is 888. The molecule has 0 radical (unpaired) electrons. The highest BCUT2D eigenvalue weighted by atomic mass is 127. The molecule has 0 aliphatic carbocycles. The van der Waals surface area contributed by atoms with Crippen LogP contribution >= 0.6 is 33.9 Å². The lowest BCUT2D eigenvalue weighted by molar-refractivity contribution is 0.0620. The minimum Gasteiger partial charge on any atom is -0.333 e. The number of halogens is 1. The first-order valence-corrected chi connectivity index (χ1v) is 9.82. The first-order valence-electron chi connectivity index (χ1n) is 7.92. The summed E-state index contributed by atoms with van der Waals surface area (Å²) in [5.74, 6) is 0.237. The molecule has 124 valence electrons. The average molecular weight is 453 g/mol. The number of carbonyl (C=O) groups excluding carboxylic acids is 1. The normalized spacial score (nSPS) is 18.2. The third kappa shape index (κ3) is 2.81. The number of carbonyl (C=O) groups is 1. The Morgan fingerprint density at radius 3 is 2.79 bits per heavy atom. The Labute approximate surface area is 157 Å². The smallest absolute Gasteiger partial charge is 0.293 e. The van der Waals surface area contributed by atoms with Crippen LogP contribution in [0.5, 0.6) is 0 Å². The Kier molecular flexibility index (Phi) is 4.25. The fourth-order valence-corrected chi connectivity index (χ4v) is 4.19. The molecule has 1 saturated heterocycles. The van der Waals surface area contributed by atoms with Crippen LogP contribution in [0.4, 0.5) is 0 Å². The average Bonchev–Trinajstić information content (AvgIpc) is 3.16. The number of aromatic nitrogens is 4. The number of benzene rings is 1. The van der Waals surface area contributed by atoms with Crippen LogP contribution in [0, 0.1) is 3.57 Å². The number of amides is 1. The summed E-state index contributed by atoms with van der Waals surface area (Å²) in [6, 6.07) is 8.39. The van der Waals surface area contributed by atoms with Crippen LogP contribution in [0.25, 0.3) is 15.5 Å². The summed E-state index contributed by atoms with van der Waals surface area (Å²) >= 11 is 3.72. The van der Waals surface area contributed by atoms with Crippen LogP contribution in [0.1, 0.15) is 36.8 Å². The molecule has 4 rings (SSSR count). The van der Waals surface area contributed by atoms with E-state index in [0.29, 0.717) is 10.8 Å². The second-order valence-corrected chi connectivity index (χ2v) is 8.18. The van der Waals surface area contributed by atoms with E-state index >= 15 is 0 Å². The van der Waals surface area contributed by atoms with E-state index in [1.165, 1.54) is 21.3 Å². The van der Waals surface area contributed by atoms with Crippen molar-refractivity contribution in [2.24, 2.45) is 0 Å².